The first-order valence-electron chi connectivity index (χ1n) is 10.9. The Labute approximate surface area is 191 Å². The minimum Gasteiger partial charge on any atom is -0.462 e. The first-order valence-corrected chi connectivity index (χ1v) is 10.9. The molecule has 2 aromatic heterocycles. The molecule has 0 bridgehead atoms. The fraction of sp³-hybridized carbons (Fsp3) is 0.250. The fourth-order valence-corrected chi connectivity index (χ4v) is 4.25. The van der Waals surface area contributed by atoms with Gasteiger partial charge < -0.3 is 10.2 Å². The van der Waals surface area contributed by atoms with E-state index in [1.54, 1.807) is 17.8 Å². The smallest absolute Gasteiger partial charge is 0.341 e. The van der Waals surface area contributed by atoms with Crippen LogP contribution in [0.1, 0.15) is 46.9 Å². The number of carbonyl (C=O) groups is 1. The van der Waals surface area contributed by atoms with E-state index in [2.05, 4.69) is 26.9 Å². The molecular formula is C24H25N7O2. The summed E-state index contributed by atoms with van der Waals surface area (Å²) in [5.41, 5.74) is 8.68. The molecule has 4 aromatic rings. The highest BCUT2D eigenvalue weighted by molar-refractivity contribution is 5.91. The lowest BCUT2D eigenvalue weighted by molar-refractivity contribution is 0.0525. The Balaban J connectivity index is 1.55. The van der Waals surface area contributed by atoms with Crippen molar-refractivity contribution < 1.29 is 9.53 Å². The minimum atomic E-state index is -0.360. The van der Waals surface area contributed by atoms with Crippen LogP contribution in [0.2, 0.25) is 0 Å². The number of nitrogen functional groups attached to an aromatic ring is 1. The molecule has 1 fully saturated rings. The molecule has 2 aromatic carbocycles. The number of hydrogen-bond acceptors (Lipinski definition) is 7. The Morgan fingerprint density at radius 1 is 1.18 bits per heavy atom. The third kappa shape index (κ3) is 3.98. The summed E-state index contributed by atoms with van der Waals surface area (Å²) in [6.07, 6.45) is 4.40. The minimum absolute atomic E-state index is 0.108. The summed E-state index contributed by atoms with van der Waals surface area (Å²) >= 11 is 0. The van der Waals surface area contributed by atoms with Crippen LogP contribution in [0.4, 0.5) is 5.69 Å². The molecule has 1 aliphatic carbocycles. The van der Waals surface area contributed by atoms with E-state index in [4.69, 9.17) is 10.6 Å². The number of esters is 1. The Bertz CT molecular complexity index is 1310. The molecule has 5 rings (SSSR count). The summed E-state index contributed by atoms with van der Waals surface area (Å²) in [6, 6.07) is 15.9. The molecule has 2 atom stereocenters. The predicted octanol–water partition coefficient (Wildman–Crippen LogP) is 3.40. The molecule has 0 radical (unpaired) electrons. The average Bonchev–Trinajstić information content (AvgIpc) is 3.29. The van der Waals surface area contributed by atoms with E-state index in [-0.39, 0.29) is 17.8 Å². The maximum atomic E-state index is 12.7. The monoisotopic (exact) mass is 443 g/mol. The van der Waals surface area contributed by atoms with Crippen molar-refractivity contribution in [3.63, 3.8) is 0 Å². The number of rotatable bonds is 7. The molecule has 9 nitrogen and oxygen atoms in total. The van der Waals surface area contributed by atoms with Gasteiger partial charge >= 0.3 is 5.97 Å². The van der Waals surface area contributed by atoms with Crippen molar-refractivity contribution in [3.05, 3.63) is 77.9 Å². The van der Waals surface area contributed by atoms with Crippen LogP contribution in [-0.2, 0) is 11.8 Å². The number of hydrogen-bond donors (Lipinski definition) is 2. The lowest BCUT2D eigenvalue weighted by Crippen LogP contribution is -2.09. The summed E-state index contributed by atoms with van der Waals surface area (Å²) in [5.74, 6) is 5.52. The molecular weight excluding hydrogens is 418 g/mol. The zero-order valence-corrected chi connectivity index (χ0v) is 18.5. The van der Waals surface area contributed by atoms with Gasteiger partial charge in [0.1, 0.15) is 5.56 Å². The van der Waals surface area contributed by atoms with Gasteiger partial charge in [-0.3, -0.25) is 10.5 Å². The van der Waals surface area contributed by atoms with E-state index >= 15 is 0 Å². The van der Waals surface area contributed by atoms with Crippen LogP contribution in [0, 0.1) is 0 Å². The summed E-state index contributed by atoms with van der Waals surface area (Å²) in [6.45, 7) is 2.11. The largest absolute Gasteiger partial charge is 0.462 e. The third-order valence-electron chi connectivity index (χ3n) is 5.90. The van der Waals surface area contributed by atoms with Crippen molar-refractivity contribution in [3.8, 4) is 16.8 Å². The number of aryl methyl sites for hydroxylation is 1. The SMILES string of the molecule is CCOC(=O)c1cnn(-c2cccc(-c3cccc(NN)c3)c2)c1C1C[C@H]1c1cn(C)nn1. The molecule has 2 heterocycles. The van der Waals surface area contributed by atoms with Crippen LogP contribution in [0.15, 0.2) is 60.9 Å². The normalized spacial score (nSPS) is 17.1. The zero-order chi connectivity index (χ0) is 22.9. The van der Waals surface area contributed by atoms with Crippen LogP contribution in [-0.4, -0.2) is 37.4 Å². The standard InChI is InChI=1S/C24H25N7O2/c1-3-33-24(32)21-13-26-31(23(21)20-12-19(20)22-14-30(2)29-28-22)18-9-5-7-16(11-18)15-6-4-8-17(10-15)27-25/h4-11,13-14,19-20,27H,3,12,25H2,1-2H3/t19-,20?/m1/s1. The third-order valence-corrected chi connectivity index (χ3v) is 5.90. The van der Waals surface area contributed by atoms with Crippen molar-refractivity contribution in [2.24, 2.45) is 12.9 Å². The molecule has 1 unspecified atom stereocenters. The molecule has 1 aliphatic rings. The lowest BCUT2D eigenvalue weighted by Gasteiger charge is -2.12. The second kappa shape index (κ2) is 8.51. The van der Waals surface area contributed by atoms with E-state index < -0.39 is 0 Å². The van der Waals surface area contributed by atoms with Gasteiger partial charge in [-0.1, -0.05) is 29.5 Å². The average molecular weight is 444 g/mol. The van der Waals surface area contributed by atoms with Crippen LogP contribution >= 0.6 is 0 Å². The molecule has 1 saturated carbocycles. The van der Waals surface area contributed by atoms with Gasteiger partial charge in [-0.25, -0.2) is 9.48 Å². The van der Waals surface area contributed by atoms with Gasteiger partial charge in [0.25, 0.3) is 0 Å². The van der Waals surface area contributed by atoms with Crippen molar-refractivity contribution in [1.82, 2.24) is 24.8 Å². The van der Waals surface area contributed by atoms with Crippen LogP contribution < -0.4 is 11.3 Å². The highest BCUT2D eigenvalue weighted by atomic mass is 16.5. The Kier molecular flexibility index (Phi) is 5.39. The van der Waals surface area contributed by atoms with E-state index in [9.17, 15) is 4.79 Å². The van der Waals surface area contributed by atoms with Crippen molar-refractivity contribution >= 4 is 11.7 Å². The molecule has 0 spiro atoms. The number of nitrogens with zero attached hydrogens (tertiary/aromatic N) is 5. The lowest BCUT2D eigenvalue weighted by atomic mass is 10.0. The number of aromatic nitrogens is 5. The summed E-state index contributed by atoms with van der Waals surface area (Å²) in [7, 11) is 1.85. The first kappa shape index (κ1) is 20.9. The van der Waals surface area contributed by atoms with Gasteiger partial charge in [0, 0.05) is 30.8 Å². The highest BCUT2D eigenvalue weighted by Crippen LogP contribution is 2.55. The Morgan fingerprint density at radius 2 is 1.97 bits per heavy atom. The maximum Gasteiger partial charge on any atom is 0.341 e. The summed E-state index contributed by atoms with van der Waals surface area (Å²) in [4.78, 5) is 12.7. The topological polar surface area (TPSA) is 113 Å². The van der Waals surface area contributed by atoms with Crippen molar-refractivity contribution in [1.29, 1.82) is 0 Å². The molecule has 3 N–H and O–H groups in total. The molecule has 0 saturated heterocycles. The number of hydrazine groups is 1. The highest BCUT2D eigenvalue weighted by Gasteiger charge is 2.46. The summed E-state index contributed by atoms with van der Waals surface area (Å²) in [5, 5.41) is 12.9. The summed E-state index contributed by atoms with van der Waals surface area (Å²) < 4.78 is 8.86. The van der Waals surface area contributed by atoms with Gasteiger partial charge in [0.05, 0.1) is 29.9 Å². The van der Waals surface area contributed by atoms with E-state index in [1.165, 1.54) is 0 Å². The number of carbonyl (C=O) groups excluding carboxylic acids is 1. The molecule has 168 valence electrons. The first-order chi connectivity index (χ1) is 16.1. The molecule has 9 heteroatoms. The van der Waals surface area contributed by atoms with E-state index in [0.29, 0.717) is 12.2 Å². The maximum absolute atomic E-state index is 12.7. The van der Waals surface area contributed by atoms with Crippen molar-refractivity contribution in [2.45, 2.75) is 25.2 Å². The van der Waals surface area contributed by atoms with Crippen LogP contribution in [0.5, 0.6) is 0 Å². The number of nitrogens with one attached hydrogen (secondary N) is 1. The molecule has 33 heavy (non-hydrogen) atoms. The van der Waals surface area contributed by atoms with Crippen LogP contribution in [0.25, 0.3) is 16.8 Å². The second-order valence-corrected chi connectivity index (χ2v) is 8.12. The van der Waals surface area contributed by atoms with Gasteiger partial charge in [-0.05, 0) is 48.7 Å². The number of benzene rings is 2. The van der Waals surface area contributed by atoms with Crippen molar-refractivity contribution in [2.75, 3.05) is 12.0 Å². The second-order valence-electron chi connectivity index (χ2n) is 8.12. The number of ether oxygens (including phenoxy) is 1. The Morgan fingerprint density at radius 3 is 2.70 bits per heavy atom. The quantitative estimate of drug-likeness (QED) is 0.256. The van der Waals surface area contributed by atoms with Gasteiger partial charge in [0.2, 0.25) is 0 Å². The molecule has 0 aliphatic heterocycles. The number of nitrogens with two attached hydrogens (primary N) is 1. The number of anilines is 1. The van der Waals surface area contributed by atoms with E-state index in [1.807, 2.05) is 60.4 Å². The van der Waals surface area contributed by atoms with Gasteiger partial charge in [0.15, 0.2) is 0 Å². The molecule has 0 amide bonds. The van der Waals surface area contributed by atoms with Crippen LogP contribution in [0.3, 0.4) is 0 Å². The Hall–Kier alpha value is -3.98. The predicted molar refractivity (Wildman–Crippen MR) is 124 cm³/mol. The van der Waals surface area contributed by atoms with Gasteiger partial charge in [-0.15, -0.1) is 5.10 Å². The fourth-order valence-electron chi connectivity index (χ4n) is 4.25. The van der Waals surface area contributed by atoms with Gasteiger partial charge in [-0.2, -0.15) is 5.10 Å². The van der Waals surface area contributed by atoms with E-state index in [0.717, 1.165) is 40.3 Å². The zero-order valence-electron chi connectivity index (χ0n) is 18.5.